The molecule has 0 saturated heterocycles. The molecule has 0 aliphatic carbocycles. The van der Waals surface area contributed by atoms with E-state index in [-0.39, 0.29) is 12.4 Å². The molecule has 68 valence electrons. The zero-order valence-corrected chi connectivity index (χ0v) is 7.89. The lowest BCUT2D eigenvalue weighted by atomic mass is 10.5. The summed E-state index contributed by atoms with van der Waals surface area (Å²) in [6, 6.07) is 11.4. The molecule has 0 N–H and O–H groups in total. The maximum Gasteiger partial charge on any atom is 0.0267 e. The molecule has 0 unspecified atom stereocenters. The molecule has 0 bridgehead atoms. The van der Waals surface area contributed by atoms with Crippen molar-refractivity contribution in [2.75, 3.05) is 0 Å². The van der Waals surface area contributed by atoms with Crippen LogP contribution in [0.1, 0.15) is 0 Å². The largest absolute Gasteiger partial charge is 0.265 e. The molecule has 13 heavy (non-hydrogen) atoms. The van der Waals surface area contributed by atoms with Crippen LogP contribution in [-0.4, -0.2) is 9.97 Å². The molecule has 2 rings (SSSR count). The van der Waals surface area contributed by atoms with Gasteiger partial charge in [0.25, 0.3) is 0 Å². The molecule has 0 atom stereocenters. The molecule has 2 nitrogen and oxygen atoms in total. The fourth-order valence-corrected chi connectivity index (χ4v) is 0.625. The molecule has 2 aromatic rings. The minimum atomic E-state index is 0. The van der Waals surface area contributed by atoms with Gasteiger partial charge in [-0.25, -0.2) is 0 Å². The van der Waals surface area contributed by atoms with Crippen LogP contribution in [0.2, 0.25) is 0 Å². The number of rotatable bonds is 0. The summed E-state index contributed by atoms with van der Waals surface area (Å²) in [5.74, 6) is 0. The van der Waals surface area contributed by atoms with Crippen molar-refractivity contribution in [1.29, 1.82) is 0 Å². The molecule has 0 spiro atoms. The Labute approximate surface area is 84.1 Å². The molecule has 0 aliphatic heterocycles. The fraction of sp³-hybridized carbons (Fsp3) is 0. The van der Waals surface area contributed by atoms with Crippen molar-refractivity contribution in [2.24, 2.45) is 0 Å². The molecule has 0 radical (unpaired) electrons. The SMILES string of the molecule is Cl.c1ccncc1.c1ccncc1. The van der Waals surface area contributed by atoms with Crippen LogP contribution >= 0.6 is 12.4 Å². The second-order valence-electron chi connectivity index (χ2n) is 2.05. The number of aromatic nitrogens is 2. The molecule has 2 aromatic heterocycles. The highest BCUT2D eigenvalue weighted by molar-refractivity contribution is 5.85. The number of hydrogen-bond acceptors (Lipinski definition) is 2. The van der Waals surface area contributed by atoms with Gasteiger partial charge in [0.2, 0.25) is 0 Å². The third-order valence-electron chi connectivity index (χ3n) is 1.13. The van der Waals surface area contributed by atoms with Crippen molar-refractivity contribution in [3.8, 4) is 0 Å². The van der Waals surface area contributed by atoms with Crippen molar-refractivity contribution in [1.82, 2.24) is 9.97 Å². The third kappa shape index (κ3) is 6.97. The monoisotopic (exact) mass is 194 g/mol. The van der Waals surface area contributed by atoms with Crippen molar-refractivity contribution < 1.29 is 0 Å². The van der Waals surface area contributed by atoms with Crippen LogP contribution in [0.25, 0.3) is 0 Å². The highest BCUT2D eigenvalue weighted by atomic mass is 35.5. The first kappa shape index (κ1) is 11.6. The molecule has 0 fully saturated rings. The van der Waals surface area contributed by atoms with Gasteiger partial charge in [0.1, 0.15) is 0 Å². The van der Waals surface area contributed by atoms with Gasteiger partial charge in [0, 0.05) is 24.8 Å². The summed E-state index contributed by atoms with van der Waals surface area (Å²) >= 11 is 0. The van der Waals surface area contributed by atoms with Crippen molar-refractivity contribution >= 4 is 12.4 Å². The van der Waals surface area contributed by atoms with Gasteiger partial charge in [0.05, 0.1) is 0 Å². The maximum absolute atomic E-state index is 3.78. The van der Waals surface area contributed by atoms with Gasteiger partial charge in [-0.2, -0.15) is 0 Å². The Morgan fingerprint density at radius 1 is 0.462 bits per heavy atom. The molecular weight excluding hydrogens is 184 g/mol. The Morgan fingerprint density at radius 3 is 0.846 bits per heavy atom. The summed E-state index contributed by atoms with van der Waals surface area (Å²) in [5, 5.41) is 0. The first-order valence-electron chi connectivity index (χ1n) is 3.70. The third-order valence-corrected chi connectivity index (χ3v) is 1.13. The average molecular weight is 195 g/mol. The summed E-state index contributed by atoms with van der Waals surface area (Å²) in [6.07, 6.45) is 7.00. The summed E-state index contributed by atoms with van der Waals surface area (Å²) in [5.41, 5.74) is 0. The maximum atomic E-state index is 3.78. The molecule has 0 aliphatic rings. The fourth-order valence-electron chi connectivity index (χ4n) is 0.625. The number of nitrogens with zero attached hydrogens (tertiary/aromatic N) is 2. The highest BCUT2D eigenvalue weighted by Gasteiger charge is 1.59. The summed E-state index contributed by atoms with van der Waals surface area (Å²) in [6.45, 7) is 0. The predicted octanol–water partition coefficient (Wildman–Crippen LogP) is 2.58. The standard InChI is InChI=1S/2C5H5N.ClH/c2*1-2-4-6-5-3-1;/h2*1-5H;1H. The first-order valence-corrected chi connectivity index (χ1v) is 3.70. The van der Waals surface area contributed by atoms with Crippen LogP contribution in [0.3, 0.4) is 0 Å². The van der Waals surface area contributed by atoms with E-state index >= 15 is 0 Å². The minimum Gasteiger partial charge on any atom is -0.265 e. The molecular formula is C10H11ClN2. The summed E-state index contributed by atoms with van der Waals surface area (Å²) in [7, 11) is 0. The van der Waals surface area contributed by atoms with E-state index in [0.29, 0.717) is 0 Å². The molecule has 0 saturated carbocycles. The van der Waals surface area contributed by atoms with Crippen molar-refractivity contribution in [2.45, 2.75) is 0 Å². The molecule has 3 heteroatoms. The van der Waals surface area contributed by atoms with E-state index in [2.05, 4.69) is 9.97 Å². The van der Waals surface area contributed by atoms with Gasteiger partial charge in [-0.05, 0) is 24.3 Å². The van der Waals surface area contributed by atoms with E-state index in [4.69, 9.17) is 0 Å². The zero-order valence-electron chi connectivity index (χ0n) is 7.08. The van der Waals surface area contributed by atoms with E-state index < -0.39 is 0 Å². The van der Waals surface area contributed by atoms with Crippen LogP contribution in [-0.2, 0) is 0 Å². The quantitative estimate of drug-likeness (QED) is 0.644. The topological polar surface area (TPSA) is 25.8 Å². The van der Waals surface area contributed by atoms with Crippen LogP contribution in [0.4, 0.5) is 0 Å². The lowest BCUT2D eigenvalue weighted by Crippen LogP contribution is -1.58. The minimum absolute atomic E-state index is 0. The van der Waals surface area contributed by atoms with E-state index in [0.717, 1.165) is 0 Å². The Kier molecular flexibility index (Phi) is 7.74. The van der Waals surface area contributed by atoms with Gasteiger partial charge < -0.3 is 0 Å². The first-order chi connectivity index (χ1) is 6.00. The molecule has 0 aromatic carbocycles. The van der Waals surface area contributed by atoms with Crippen LogP contribution in [0, 0.1) is 0 Å². The lowest BCUT2D eigenvalue weighted by molar-refractivity contribution is 1.33. The predicted molar refractivity (Wildman–Crippen MR) is 55.7 cm³/mol. The van der Waals surface area contributed by atoms with Crippen LogP contribution in [0.15, 0.2) is 61.2 Å². The van der Waals surface area contributed by atoms with E-state index in [1.807, 2.05) is 36.4 Å². The number of hydrogen-bond donors (Lipinski definition) is 0. The van der Waals surface area contributed by atoms with Crippen LogP contribution in [0.5, 0.6) is 0 Å². The van der Waals surface area contributed by atoms with Crippen LogP contribution < -0.4 is 0 Å². The Balaban J connectivity index is 0.000000206. The van der Waals surface area contributed by atoms with E-state index in [1.54, 1.807) is 24.8 Å². The Hall–Kier alpha value is -1.41. The smallest absolute Gasteiger partial charge is 0.0267 e. The van der Waals surface area contributed by atoms with Gasteiger partial charge in [-0.15, -0.1) is 12.4 Å². The van der Waals surface area contributed by atoms with Gasteiger partial charge in [-0.1, -0.05) is 12.1 Å². The normalized spacial score (nSPS) is 7.38. The highest BCUT2D eigenvalue weighted by Crippen LogP contribution is 1.74. The second-order valence-corrected chi connectivity index (χ2v) is 2.05. The van der Waals surface area contributed by atoms with Gasteiger partial charge >= 0.3 is 0 Å². The van der Waals surface area contributed by atoms with Crippen molar-refractivity contribution in [3.05, 3.63) is 61.2 Å². The van der Waals surface area contributed by atoms with E-state index in [1.165, 1.54) is 0 Å². The lowest BCUT2D eigenvalue weighted by Gasteiger charge is -1.70. The van der Waals surface area contributed by atoms with Crippen molar-refractivity contribution in [3.63, 3.8) is 0 Å². The van der Waals surface area contributed by atoms with Gasteiger partial charge in [-0.3, -0.25) is 9.97 Å². The number of halogens is 1. The molecule has 0 amide bonds. The average Bonchev–Trinajstić information content (AvgIpc) is 2.24. The number of pyridine rings is 2. The molecule has 2 heterocycles. The summed E-state index contributed by atoms with van der Waals surface area (Å²) < 4.78 is 0. The summed E-state index contributed by atoms with van der Waals surface area (Å²) in [4.78, 5) is 7.57. The van der Waals surface area contributed by atoms with Gasteiger partial charge in [0.15, 0.2) is 0 Å². The zero-order chi connectivity index (χ0) is 8.49. The Bertz CT molecular complexity index is 188. The van der Waals surface area contributed by atoms with E-state index in [9.17, 15) is 0 Å². The second kappa shape index (κ2) is 8.68. The Morgan fingerprint density at radius 2 is 0.769 bits per heavy atom.